The zero-order chi connectivity index (χ0) is 20.5. The number of nitrogen functional groups attached to an aromatic ring is 2. The smallest absolute Gasteiger partial charge is 0.115 e. The molecule has 0 saturated carbocycles. The van der Waals surface area contributed by atoms with Crippen molar-refractivity contribution in [2.24, 2.45) is 5.92 Å². The topological polar surface area (TPSA) is 92.5 Å². The molecule has 0 saturated heterocycles. The van der Waals surface area contributed by atoms with Crippen LogP contribution >= 0.6 is 0 Å². The van der Waals surface area contributed by atoms with Crippen molar-refractivity contribution in [3.8, 4) is 5.75 Å². The molecule has 0 amide bonds. The molecule has 0 spiro atoms. The molecule has 0 heterocycles. The highest BCUT2D eigenvalue weighted by atomic mass is 16.3. The molecule has 1 aliphatic carbocycles. The molecule has 0 fully saturated rings. The molecule has 6 N–H and O–H groups in total. The fourth-order valence-corrected chi connectivity index (χ4v) is 3.99. The van der Waals surface area contributed by atoms with Crippen LogP contribution in [0.15, 0.2) is 72.0 Å². The number of aliphatic hydroxyl groups excluding tert-OH is 1. The highest BCUT2D eigenvalue weighted by Crippen LogP contribution is 2.34. The minimum Gasteiger partial charge on any atom is -0.512 e. The van der Waals surface area contributed by atoms with Gasteiger partial charge < -0.3 is 21.7 Å². The number of fused-ring (bicyclic) bond motifs is 1. The first-order chi connectivity index (χ1) is 13.9. The molecule has 1 atom stereocenters. The normalized spacial score (nSPS) is 16.5. The fraction of sp³-hybridized carbons (Fsp3) is 0.200. The summed E-state index contributed by atoms with van der Waals surface area (Å²) in [6, 6.07) is 15.4. The number of hydrogen-bond acceptors (Lipinski definition) is 4. The fourth-order valence-electron chi connectivity index (χ4n) is 3.99. The molecule has 1 unspecified atom stereocenters. The predicted octanol–water partition coefficient (Wildman–Crippen LogP) is 5.25. The van der Waals surface area contributed by atoms with E-state index in [9.17, 15) is 10.2 Å². The molecule has 29 heavy (non-hydrogen) atoms. The lowest BCUT2D eigenvalue weighted by atomic mass is 9.88. The maximum Gasteiger partial charge on any atom is 0.115 e. The van der Waals surface area contributed by atoms with Crippen molar-refractivity contribution in [1.82, 2.24) is 0 Å². The van der Waals surface area contributed by atoms with Gasteiger partial charge in [-0.2, -0.15) is 0 Å². The van der Waals surface area contributed by atoms with Gasteiger partial charge in [0.15, 0.2) is 0 Å². The Morgan fingerprint density at radius 2 is 1.38 bits per heavy atom. The van der Waals surface area contributed by atoms with Crippen LogP contribution < -0.4 is 11.5 Å². The van der Waals surface area contributed by atoms with Gasteiger partial charge in [0.25, 0.3) is 0 Å². The summed E-state index contributed by atoms with van der Waals surface area (Å²) in [6.45, 7) is 2.03. The molecule has 0 aromatic heterocycles. The standard InChI is InChI=1S/C25H26N2O2/c1-15-12-17(4-11-23(15)29)14-19-6-10-21-22(25(19)27)9-5-18(24(21)26)13-16-2-7-20(28)8-3-16/h2-11,15,28-29H,12-14,26-27H2,1H3. The molecule has 3 aromatic carbocycles. The maximum absolute atomic E-state index is 9.80. The Bertz CT molecular complexity index is 1130. The first-order valence-corrected chi connectivity index (χ1v) is 9.87. The van der Waals surface area contributed by atoms with Gasteiger partial charge >= 0.3 is 0 Å². The molecule has 0 aliphatic heterocycles. The number of allylic oxidation sites excluding steroid dienone is 4. The number of phenolic OH excluding ortho intramolecular Hbond substituents is 1. The third-order valence-electron chi connectivity index (χ3n) is 5.78. The highest BCUT2D eigenvalue weighted by Gasteiger charge is 2.16. The van der Waals surface area contributed by atoms with Crippen molar-refractivity contribution in [3.05, 3.63) is 88.7 Å². The van der Waals surface area contributed by atoms with Crippen LogP contribution in [-0.2, 0) is 12.8 Å². The van der Waals surface area contributed by atoms with Crippen LogP contribution in [0.3, 0.4) is 0 Å². The summed E-state index contributed by atoms with van der Waals surface area (Å²) in [5.41, 5.74) is 19.0. The Balaban J connectivity index is 1.64. The first-order valence-electron chi connectivity index (χ1n) is 9.87. The molecule has 4 rings (SSSR count). The van der Waals surface area contributed by atoms with Gasteiger partial charge in [-0.15, -0.1) is 0 Å². The van der Waals surface area contributed by atoms with Gasteiger partial charge in [-0.3, -0.25) is 0 Å². The minimum absolute atomic E-state index is 0.148. The largest absolute Gasteiger partial charge is 0.512 e. The summed E-state index contributed by atoms with van der Waals surface area (Å²) in [5, 5.41) is 21.2. The summed E-state index contributed by atoms with van der Waals surface area (Å²) in [7, 11) is 0. The van der Waals surface area contributed by atoms with Gasteiger partial charge in [0.1, 0.15) is 5.75 Å². The second-order valence-electron chi connectivity index (χ2n) is 7.91. The Labute approximate surface area is 170 Å². The number of anilines is 2. The molecule has 0 radical (unpaired) electrons. The Hall–Kier alpha value is -3.40. The van der Waals surface area contributed by atoms with E-state index in [0.717, 1.165) is 51.7 Å². The van der Waals surface area contributed by atoms with Crippen molar-refractivity contribution >= 4 is 22.1 Å². The van der Waals surface area contributed by atoms with E-state index in [4.69, 9.17) is 11.5 Å². The Morgan fingerprint density at radius 3 is 1.97 bits per heavy atom. The lowest BCUT2D eigenvalue weighted by Gasteiger charge is -2.19. The molecule has 1 aliphatic rings. The third-order valence-corrected chi connectivity index (χ3v) is 5.78. The highest BCUT2D eigenvalue weighted by molar-refractivity contribution is 6.02. The predicted molar refractivity (Wildman–Crippen MR) is 120 cm³/mol. The number of aliphatic hydroxyl groups is 1. The molecule has 148 valence electrons. The summed E-state index contributed by atoms with van der Waals surface area (Å²) < 4.78 is 0. The van der Waals surface area contributed by atoms with Crippen molar-refractivity contribution in [1.29, 1.82) is 0 Å². The van der Waals surface area contributed by atoms with Gasteiger partial charge in [0.05, 0.1) is 5.76 Å². The zero-order valence-corrected chi connectivity index (χ0v) is 16.5. The molecular weight excluding hydrogens is 360 g/mol. The van der Waals surface area contributed by atoms with E-state index in [2.05, 4.69) is 12.1 Å². The van der Waals surface area contributed by atoms with E-state index < -0.39 is 0 Å². The number of rotatable bonds is 4. The molecule has 4 nitrogen and oxygen atoms in total. The molecule has 3 aromatic rings. The van der Waals surface area contributed by atoms with Gasteiger partial charge in [-0.25, -0.2) is 0 Å². The van der Waals surface area contributed by atoms with Gasteiger partial charge in [-0.05, 0) is 54.2 Å². The van der Waals surface area contributed by atoms with E-state index >= 15 is 0 Å². The second-order valence-corrected chi connectivity index (χ2v) is 7.91. The number of benzene rings is 3. The zero-order valence-electron chi connectivity index (χ0n) is 16.5. The summed E-state index contributed by atoms with van der Waals surface area (Å²) in [6.07, 6.45) is 6.09. The summed E-state index contributed by atoms with van der Waals surface area (Å²) in [4.78, 5) is 0. The van der Waals surface area contributed by atoms with E-state index in [1.54, 1.807) is 18.2 Å². The average molecular weight is 386 g/mol. The van der Waals surface area contributed by atoms with Crippen LogP contribution in [0.4, 0.5) is 11.4 Å². The molecular formula is C25H26N2O2. The van der Waals surface area contributed by atoms with Crippen LogP contribution in [-0.4, -0.2) is 10.2 Å². The first kappa shape index (κ1) is 18.9. The van der Waals surface area contributed by atoms with Crippen molar-refractivity contribution in [2.75, 3.05) is 11.5 Å². The van der Waals surface area contributed by atoms with Gasteiger partial charge in [0, 0.05) is 28.1 Å². The maximum atomic E-state index is 9.80. The van der Waals surface area contributed by atoms with Crippen molar-refractivity contribution < 1.29 is 10.2 Å². The van der Waals surface area contributed by atoms with Crippen LogP contribution in [0.1, 0.15) is 30.0 Å². The Morgan fingerprint density at radius 1 is 0.793 bits per heavy atom. The van der Waals surface area contributed by atoms with Crippen molar-refractivity contribution in [3.63, 3.8) is 0 Å². The number of nitrogens with two attached hydrogens (primary N) is 2. The molecule has 4 heteroatoms. The second kappa shape index (κ2) is 7.55. The molecule has 0 bridgehead atoms. The van der Waals surface area contributed by atoms with Crippen LogP contribution in [0.5, 0.6) is 5.75 Å². The lowest BCUT2D eigenvalue weighted by molar-refractivity contribution is 0.335. The van der Waals surface area contributed by atoms with Crippen LogP contribution in [0.25, 0.3) is 10.8 Å². The third kappa shape index (κ3) is 3.79. The monoisotopic (exact) mass is 386 g/mol. The lowest BCUT2D eigenvalue weighted by Crippen LogP contribution is -2.07. The minimum atomic E-state index is 0.148. The summed E-state index contributed by atoms with van der Waals surface area (Å²) >= 11 is 0. The number of aromatic hydroxyl groups is 1. The number of hydrogen-bond donors (Lipinski definition) is 4. The van der Waals surface area contributed by atoms with E-state index in [1.807, 2.05) is 37.3 Å². The quantitative estimate of drug-likeness (QED) is 0.461. The SMILES string of the molecule is CC1CC(Cc2ccc3c(N)c(Cc4ccc(O)cc4)ccc3c2N)=CC=C1O. The van der Waals surface area contributed by atoms with Crippen molar-refractivity contribution in [2.45, 2.75) is 26.2 Å². The van der Waals surface area contributed by atoms with E-state index in [-0.39, 0.29) is 11.7 Å². The van der Waals surface area contributed by atoms with E-state index in [0.29, 0.717) is 12.2 Å². The Kier molecular flexibility index (Phi) is 4.93. The summed E-state index contributed by atoms with van der Waals surface area (Å²) in [5.74, 6) is 0.845. The van der Waals surface area contributed by atoms with E-state index in [1.165, 1.54) is 5.57 Å². The van der Waals surface area contributed by atoms with Crippen LogP contribution in [0.2, 0.25) is 0 Å². The number of phenols is 1. The van der Waals surface area contributed by atoms with Gasteiger partial charge in [-0.1, -0.05) is 55.0 Å². The van der Waals surface area contributed by atoms with Gasteiger partial charge in [0.2, 0.25) is 0 Å². The van der Waals surface area contributed by atoms with Crippen LogP contribution in [0, 0.1) is 5.92 Å². The average Bonchev–Trinajstić information content (AvgIpc) is 2.71.